The predicted molar refractivity (Wildman–Crippen MR) is 152 cm³/mol. The third-order valence-electron chi connectivity index (χ3n) is 5.75. The summed E-state index contributed by atoms with van der Waals surface area (Å²) in [6.07, 6.45) is 9.26. The molecular formula is C29H35ClF2N4O. The zero-order valence-electron chi connectivity index (χ0n) is 21.9. The highest BCUT2D eigenvalue weighted by Gasteiger charge is 2.14. The number of halogens is 3. The maximum absolute atomic E-state index is 14.3. The van der Waals surface area contributed by atoms with E-state index >= 15 is 0 Å². The number of carbonyl (C=O) groups excluding carboxylic acids is 1. The van der Waals surface area contributed by atoms with Gasteiger partial charge in [0.15, 0.2) is 23.3 Å². The first-order chi connectivity index (χ1) is 17.7. The van der Waals surface area contributed by atoms with Crippen LogP contribution in [0, 0.1) is 18.6 Å². The van der Waals surface area contributed by atoms with Crippen LogP contribution < -0.4 is 11.1 Å². The van der Waals surface area contributed by atoms with Crippen LogP contribution >= 0.6 is 11.6 Å². The lowest BCUT2D eigenvalue weighted by atomic mass is 9.99. The summed E-state index contributed by atoms with van der Waals surface area (Å²) in [5, 5.41) is 2.97. The van der Waals surface area contributed by atoms with Gasteiger partial charge in [0.1, 0.15) is 0 Å². The van der Waals surface area contributed by atoms with Gasteiger partial charge < -0.3 is 11.1 Å². The Morgan fingerprint density at radius 3 is 2.41 bits per heavy atom. The van der Waals surface area contributed by atoms with Crippen LogP contribution in [-0.4, -0.2) is 23.9 Å². The zero-order valence-corrected chi connectivity index (χ0v) is 22.6. The number of allylic oxidation sites excluding steroid dienone is 2. The summed E-state index contributed by atoms with van der Waals surface area (Å²) < 4.78 is 28.1. The summed E-state index contributed by atoms with van der Waals surface area (Å²) in [4.78, 5) is 21.5. The fourth-order valence-corrected chi connectivity index (χ4v) is 3.78. The number of anilines is 1. The highest BCUT2D eigenvalue weighted by molar-refractivity contribution is 6.45. The Bertz CT molecular complexity index is 1220. The maximum Gasteiger partial charge on any atom is 0.178 e. The van der Waals surface area contributed by atoms with Gasteiger partial charge in [0.25, 0.3) is 0 Å². The van der Waals surface area contributed by atoms with Gasteiger partial charge in [0.05, 0.1) is 10.7 Å². The Balaban J connectivity index is 2.19. The smallest absolute Gasteiger partial charge is 0.178 e. The lowest BCUT2D eigenvalue weighted by molar-refractivity contribution is 0.0978. The number of nitrogens with two attached hydrogens (primary N) is 1. The molecule has 0 heterocycles. The molecule has 0 aliphatic rings. The number of amidine groups is 1. The molecule has 3 N–H and O–H groups in total. The Morgan fingerprint density at radius 2 is 1.73 bits per heavy atom. The third-order valence-corrected chi connectivity index (χ3v) is 6.05. The average molecular weight is 529 g/mol. The van der Waals surface area contributed by atoms with Gasteiger partial charge in [-0.15, -0.1) is 0 Å². The fourth-order valence-electron chi connectivity index (χ4n) is 3.63. The molecule has 8 heteroatoms. The topological polar surface area (TPSA) is 79.8 Å². The lowest BCUT2D eigenvalue weighted by Gasteiger charge is -2.12. The van der Waals surface area contributed by atoms with E-state index in [0.717, 1.165) is 36.9 Å². The minimum atomic E-state index is -1.09. The number of nitrogens with one attached hydrogen (secondary N) is 1. The number of nitrogens with zero attached hydrogens (tertiary/aromatic N) is 2. The number of ketones is 1. The Labute approximate surface area is 223 Å². The Morgan fingerprint density at radius 1 is 1.03 bits per heavy atom. The molecule has 0 amide bonds. The summed E-state index contributed by atoms with van der Waals surface area (Å²) >= 11 is 5.65. The second-order valence-corrected chi connectivity index (χ2v) is 9.15. The highest BCUT2D eigenvalue weighted by Crippen LogP contribution is 2.25. The van der Waals surface area contributed by atoms with Crippen molar-refractivity contribution >= 4 is 40.2 Å². The van der Waals surface area contributed by atoms with Gasteiger partial charge in [0.2, 0.25) is 0 Å². The fraction of sp³-hybridized carbons (Fsp3) is 0.345. The SMILES string of the molecule is C/C=C\N=C(Nc1ccc(C(=O)CCCCCCN)c(C)c1)C(C)=N/C=C(\C)c1ccc(Cl)c(F)c1F. The van der Waals surface area contributed by atoms with Gasteiger partial charge in [0, 0.05) is 35.6 Å². The lowest BCUT2D eigenvalue weighted by Crippen LogP contribution is -2.20. The molecule has 0 saturated heterocycles. The molecule has 2 aromatic carbocycles. The van der Waals surface area contributed by atoms with Crippen LogP contribution in [-0.2, 0) is 0 Å². The first kappa shape index (κ1) is 30.1. The molecule has 5 nitrogen and oxygen atoms in total. The molecule has 37 heavy (non-hydrogen) atoms. The molecule has 0 unspecified atom stereocenters. The largest absolute Gasteiger partial charge is 0.339 e. The second-order valence-electron chi connectivity index (χ2n) is 8.74. The molecule has 0 atom stereocenters. The summed E-state index contributed by atoms with van der Waals surface area (Å²) in [6.45, 7) is 7.82. The quantitative estimate of drug-likeness (QED) is 0.0966. The van der Waals surface area contributed by atoms with Crippen molar-refractivity contribution in [3.05, 3.63) is 82.2 Å². The predicted octanol–water partition coefficient (Wildman–Crippen LogP) is 7.88. The molecule has 198 valence electrons. The van der Waals surface area contributed by atoms with Crippen molar-refractivity contribution in [3.63, 3.8) is 0 Å². The van der Waals surface area contributed by atoms with Crippen molar-refractivity contribution in [1.82, 2.24) is 0 Å². The number of rotatable bonds is 12. The number of benzene rings is 2. The number of unbranched alkanes of at least 4 members (excludes halogenated alkanes) is 3. The first-order valence-corrected chi connectivity index (χ1v) is 12.7. The molecule has 2 aromatic rings. The summed E-state index contributed by atoms with van der Waals surface area (Å²) in [7, 11) is 0. The van der Waals surface area contributed by atoms with E-state index in [-0.39, 0.29) is 16.4 Å². The molecule has 0 aliphatic heterocycles. The van der Waals surface area contributed by atoms with Gasteiger partial charge in [-0.2, -0.15) is 0 Å². The molecule has 0 spiro atoms. The van der Waals surface area contributed by atoms with Gasteiger partial charge in [-0.05, 0) is 82.5 Å². The molecule has 0 fully saturated rings. The number of aliphatic imine (C=N–C) groups is 2. The van der Waals surface area contributed by atoms with Crippen molar-refractivity contribution < 1.29 is 13.6 Å². The normalized spacial score (nSPS) is 12.9. The van der Waals surface area contributed by atoms with Crippen molar-refractivity contribution in [3.8, 4) is 0 Å². The van der Waals surface area contributed by atoms with Gasteiger partial charge in [-0.25, -0.2) is 13.8 Å². The highest BCUT2D eigenvalue weighted by atomic mass is 35.5. The second kappa shape index (κ2) is 15.2. The summed E-state index contributed by atoms with van der Waals surface area (Å²) in [5.74, 6) is -1.50. The Hall–Kier alpha value is -3.16. The van der Waals surface area contributed by atoms with E-state index in [9.17, 15) is 13.6 Å². The van der Waals surface area contributed by atoms with Crippen LogP contribution in [0.3, 0.4) is 0 Å². The monoisotopic (exact) mass is 528 g/mol. The van der Waals surface area contributed by atoms with Gasteiger partial charge in [-0.1, -0.05) is 36.6 Å². The number of hydrogen-bond acceptors (Lipinski definition) is 4. The van der Waals surface area contributed by atoms with Crippen LogP contribution in [0.15, 0.2) is 58.8 Å². The van der Waals surface area contributed by atoms with Crippen molar-refractivity contribution in [2.45, 2.75) is 59.8 Å². The van der Waals surface area contributed by atoms with Crippen molar-refractivity contribution in [2.75, 3.05) is 11.9 Å². The minimum Gasteiger partial charge on any atom is -0.339 e. The summed E-state index contributed by atoms with van der Waals surface area (Å²) in [6, 6.07) is 8.27. The van der Waals surface area contributed by atoms with Gasteiger partial charge >= 0.3 is 0 Å². The molecule has 0 aromatic heterocycles. The van der Waals surface area contributed by atoms with E-state index in [1.807, 2.05) is 32.0 Å². The first-order valence-electron chi connectivity index (χ1n) is 12.3. The van der Waals surface area contributed by atoms with Crippen LogP contribution in [0.4, 0.5) is 14.5 Å². The van der Waals surface area contributed by atoms with E-state index in [1.54, 1.807) is 26.1 Å². The van der Waals surface area contributed by atoms with Crippen LogP contribution in [0.25, 0.3) is 5.57 Å². The van der Waals surface area contributed by atoms with Crippen LogP contribution in [0.1, 0.15) is 74.4 Å². The maximum atomic E-state index is 14.3. The van der Waals surface area contributed by atoms with E-state index in [0.29, 0.717) is 35.6 Å². The van der Waals surface area contributed by atoms with Crippen molar-refractivity contribution in [2.24, 2.45) is 15.7 Å². The van der Waals surface area contributed by atoms with Crippen molar-refractivity contribution in [1.29, 1.82) is 0 Å². The van der Waals surface area contributed by atoms with E-state index < -0.39 is 11.6 Å². The van der Waals surface area contributed by atoms with Crippen LogP contribution in [0.2, 0.25) is 5.02 Å². The standard InChI is InChI=1S/C29H35ClF2N4O/c1-5-16-34-29(21(4)35-18-20(3)24-13-14-25(30)28(32)27(24)31)36-22-11-12-23(19(2)17-22)26(37)10-8-6-7-9-15-33/h5,11-14,16-18H,6-10,15,33H2,1-4H3,(H,34,36)/b16-5-,20-18+,35-21?. The number of Topliss-reactive ketones (excluding diaryl/α,β-unsaturated/α-hetero) is 1. The van der Waals surface area contributed by atoms with Crippen LogP contribution in [0.5, 0.6) is 0 Å². The average Bonchev–Trinajstić information content (AvgIpc) is 2.88. The molecule has 0 bridgehead atoms. The number of hydrogen-bond donors (Lipinski definition) is 2. The zero-order chi connectivity index (χ0) is 27.4. The summed E-state index contributed by atoms with van der Waals surface area (Å²) in [5.41, 5.74) is 8.88. The minimum absolute atomic E-state index is 0.0774. The van der Waals surface area contributed by atoms with E-state index in [1.165, 1.54) is 18.3 Å². The number of aryl methyl sites for hydroxylation is 1. The van der Waals surface area contributed by atoms with E-state index in [4.69, 9.17) is 17.3 Å². The Kier molecular flexibility index (Phi) is 12.3. The van der Waals surface area contributed by atoms with Gasteiger partial charge in [-0.3, -0.25) is 9.79 Å². The molecule has 0 radical (unpaired) electrons. The number of carbonyl (C=O) groups is 1. The molecule has 0 saturated carbocycles. The molecular weight excluding hydrogens is 494 g/mol. The molecule has 2 rings (SSSR count). The molecule has 0 aliphatic carbocycles. The third kappa shape index (κ3) is 9.02. The van der Waals surface area contributed by atoms with E-state index in [2.05, 4.69) is 15.3 Å².